The van der Waals surface area contributed by atoms with Crippen molar-refractivity contribution in [3.63, 3.8) is 0 Å². The number of aromatic nitrogens is 2. The second-order valence-corrected chi connectivity index (χ2v) is 5.13. The van der Waals surface area contributed by atoms with Crippen LogP contribution in [0.5, 0.6) is 0 Å². The van der Waals surface area contributed by atoms with E-state index in [4.69, 9.17) is 10.5 Å². The van der Waals surface area contributed by atoms with Crippen LogP contribution < -0.4 is 11.3 Å². The molecule has 0 spiro atoms. The molecule has 0 aliphatic carbocycles. The molecule has 7 nitrogen and oxygen atoms in total. The summed E-state index contributed by atoms with van der Waals surface area (Å²) in [6.07, 6.45) is 0.698. The largest absolute Gasteiger partial charge is 0.461 e. The third kappa shape index (κ3) is 3.90. The number of hydrogen-bond donors (Lipinski definition) is 1. The van der Waals surface area contributed by atoms with E-state index in [9.17, 15) is 14.4 Å². The number of esters is 1. The van der Waals surface area contributed by atoms with Gasteiger partial charge in [0.1, 0.15) is 5.69 Å². The van der Waals surface area contributed by atoms with Gasteiger partial charge in [-0.3, -0.25) is 9.59 Å². The van der Waals surface area contributed by atoms with E-state index >= 15 is 0 Å². The van der Waals surface area contributed by atoms with E-state index in [-0.39, 0.29) is 30.1 Å². The lowest BCUT2D eigenvalue weighted by Crippen LogP contribution is -2.31. The fraction of sp³-hybridized carbons (Fsp3) is 0.571. The predicted molar refractivity (Wildman–Crippen MR) is 78.3 cm³/mol. The number of carbonyl (C=O) groups is 2. The van der Waals surface area contributed by atoms with Gasteiger partial charge in [-0.25, -0.2) is 9.48 Å². The van der Waals surface area contributed by atoms with E-state index in [1.54, 1.807) is 6.92 Å². The molecular formula is C14H21N3O4. The number of nitrogens with two attached hydrogens (primary N) is 1. The van der Waals surface area contributed by atoms with Crippen LogP contribution in [-0.4, -0.2) is 28.1 Å². The summed E-state index contributed by atoms with van der Waals surface area (Å²) in [5.74, 6) is -0.849. The quantitative estimate of drug-likeness (QED) is 0.625. The van der Waals surface area contributed by atoms with Gasteiger partial charge < -0.3 is 10.5 Å². The van der Waals surface area contributed by atoms with Gasteiger partial charge >= 0.3 is 5.97 Å². The zero-order valence-electron chi connectivity index (χ0n) is 12.8. The zero-order chi connectivity index (χ0) is 16.2. The van der Waals surface area contributed by atoms with Gasteiger partial charge in [-0.1, -0.05) is 13.8 Å². The number of hydrogen-bond acceptors (Lipinski definition) is 6. The van der Waals surface area contributed by atoms with Crippen LogP contribution >= 0.6 is 0 Å². The van der Waals surface area contributed by atoms with Crippen LogP contribution in [0, 0.1) is 5.92 Å². The maximum absolute atomic E-state index is 12.1. The second-order valence-electron chi connectivity index (χ2n) is 5.13. The number of anilines is 1. The van der Waals surface area contributed by atoms with Crippen molar-refractivity contribution in [2.24, 2.45) is 5.92 Å². The number of ether oxygens (including phenoxy) is 1. The molecule has 0 atom stereocenters. The zero-order valence-corrected chi connectivity index (χ0v) is 12.8. The molecule has 1 rings (SSSR count). The number of nitrogens with zero attached hydrogens (tertiary/aromatic N) is 2. The van der Waals surface area contributed by atoms with E-state index in [2.05, 4.69) is 5.10 Å². The number of nitrogen functional groups attached to an aromatic ring is 1. The fourth-order valence-corrected chi connectivity index (χ4v) is 1.76. The average Bonchev–Trinajstić information content (AvgIpc) is 2.40. The van der Waals surface area contributed by atoms with Gasteiger partial charge in [0.05, 0.1) is 12.2 Å². The third-order valence-electron chi connectivity index (χ3n) is 2.96. The van der Waals surface area contributed by atoms with E-state index < -0.39 is 17.3 Å². The standard InChI is InChI=1S/C14H21N3O4/c1-5-17-13(19)11(15)10(9(4)18)12(16-17)14(20)21-7-6-8(2)3/h8H,5-7,15H2,1-4H3. The van der Waals surface area contributed by atoms with E-state index in [0.717, 1.165) is 4.68 Å². The van der Waals surface area contributed by atoms with Crippen molar-refractivity contribution in [1.82, 2.24) is 9.78 Å². The van der Waals surface area contributed by atoms with Gasteiger partial charge in [0.15, 0.2) is 11.5 Å². The normalized spacial score (nSPS) is 10.7. The molecule has 0 aliphatic rings. The Labute approximate surface area is 123 Å². The highest BCUT2D eigenvalue weighted by Gasteiger charge is 2.24. The summed E-state index contributed by atoms with van der Waals surface area (Å²) in [6.45, 7) is 7.39. The monoisotopic (exact) mass is 295 g/mol. The summed E-state index contributed by atoms with van der Waals surface area (Å²) in [5.41, 5.74) is 4.45. The van der Waals surface area contributed by atoms with Crippen molar-refractivity contribution >= 4 is 17.4 Å². The molecule has 0 saturated carbocycles. The first kappa shape index (κ1) is 16.9. The molecule has 0 bridgehead atoms. The molecule has 0 fully saturated rings. The van der Waals surface area contributed by atoms with Crippen LogP contribution in [-0.2, 0) is 11.3 Å². The highest BCUT2D eigenvalue weighted by molar-refractivity contribution is 6.07. The SMILES string of the molecule is CCn1nc(C(=O)OCCC(C)C)c(C(C)=O)c(N)c1=O. The van der Waals surface area contributed by atoms with Crippen LogP contribution in [0.15, 0.2) is 4.79 Å². The minimum atomic E-state index is -0.741. The van der Waals surface area contributed by atoms with Gasteiger partial charge in [-0.15, -0.1) is 0 Å². The summed E-state index contributed by atoms with van der Waals surface area (Å²) in [5, 5.41) is 3.90. The molecular weight excluding hydrogens is 274 g/mol. The van der Waals surface area contributed by atoms with E-state index in [1.165, 1.54) is 6.92 Å². The van der Waals surface area contributed by atoms with Crippen LogP contribution in [0.1, 0.15) is 55.0 Å². The van der Waals surface area contributed by atoms with Gasteiger partial charge in [0.25, 0.3) is 5.56 Å². The molecule has 0 unspecified atom stereocenters. The molecule has 1 aromatic rings. The minimum Gasteiger partial charge on any atom is -0.461 e. The molecule has 21 heavy (non-hydrogen) atoms. The fourth-order valence-electron chi connectivity index (χ4n) is 1.76. The Morgan fingerprint density at radius 2 is 2.00 bits per heavy atom. The summed E-state index contributed by atoms with van der Waals surface area (Å²) < 4.78 is 6.14. The first-order chi connectivity index (χ1) is 9.79. The first-order valence-electron chi connectivity index (χ1n) is 6.88. The summed E-state index contributed by atoms with van der Waals surface area (Å²) in [7, 11) is 0. The number of aryl methyl sites for hydroxylation is 1. The summed E-state index contributed by atoms with van der Waals surface area (Å²) in [6, 6.07) is 0. The molecule has 0 aromatic carbocycles. The third-order valence-corrected chi connectivity index (χ3v) is 2.96. The second kappa shape index (κ2) is 7.01. The Morgan fingerprint density at radius 3 is 2.48 bits per heavy atom. The Balaban J connectivity index is 3.21. The summed E-state index contributed by atoms with van der Waals surface area (Å²) in [4.78, 5) is 35.6. The lowest BCUT2D eigenvalue weighted by atomic mass is 10.1. The number of Topliss-reactive ketones (excluding diaryl/α,β-unsaturated/α-hetero) is 1. The van der Waals surface area contributed by atoms with Gasteiger partial charge in [-0.05, 0) is 26.2 Å². The highest BCUT2D eigenvalue weighted by atomic mass is 16.5. The molecule has 0 radical (unpaired) electrons. The number of rotatable bonds is 6. The summed E-state index contributed by atoms with van der Waals surface area (Å²) >= 11 is 0. The van der Waals surface area contributed by atoms with Crippen molar-refractivity contribution in [2.75, 3.05) is 12.3 Å². The molecule has 116 valence electrons. The van der Waals surface area contributed by atoms with E-state index in [1.807, 2.05) is 13.8 Å². The van der Waals surface area contributed by atoms with Crippen LogP contribution in [0.3, 0.4) is 0 Å². The van der Waals surface area contributed by atoms with Crippen LogP contribution in [0.25, 0.3) is 0 Å². The van der Waals surface area contributed by atoms with Crippen molar-refractivity contribution in [3.8, 4) is 0 Å². The molecule has 0 aliphatic heterocycles. The van der Waals surface area contributed by atoms with Crippen LogP contribution in [0.2, 0.25) is 0 Å². The minimum absolute atomic E-state index is 0.167. The average molecular weight is 295 g/mol. The lowest BCUT2D eigenvalue weighted by molar-refractivity contribution is 0.0475. The number of ketones is 1. The first-order valence-corrected chi connectivity index (χ1v) is 6.88. The van der Waals surface area contributed by atoms with Crippen LogP contribution in [0.4, 0.5) is 5.69 Å². The van der Waals surface area contributed by atoms with Gasteiger partial charge in [0, 0.05) is 6.54 Å². The maximum Gasteiger partial charge on any atom is 0.359 e. The molecule has 1 aromatic heterocycles. The maximum atomic E-state index is 12.1. The Kier molecular flexibility index (Phi) is 5.63. The predicted octanol–water partition coefficient (Wildman–Crippen LogP) is 1.25. The van der Waals surface area contributed by atoms with Crippen molar-refractivity contribution < 1.29 is 14.3 Å². The molecule has 0 amide bonds. The van der Waals surface area contributed by atoms with Crippen molar-refractivity contribution in [3.05, 3.63) is 21.6 Å². The molecule has 0 saturated heterocycles. The lowest BCUT2D eigenvalue weighted by Gasteiger charge is -2.12. The Morgan fingerprint density at radius 1 is 1.38 bits per heavy atom. The Bertz CT molecular complexity index is 605. The molecule has 2 N–H and O–H groups in total. The number of carbonyl (C=O) groups excluding carboxylic acids is 2. The van der Waals surface area contributed by atoms with Gasteiger partial charge in [0.2, 0.25) is 0 Å². The highest BCUT2D eigenvalue weighted by Crippen LogP contribution is 2.14. The Hall–Kier alpha value is -2.18. The topological polar surface area (TPSA) is 104 Å². The molecule has 7 heteroatoms. The smallest absolute Gasteiger partial charge is 0.359 e. The van der Waals surface area contributed by atoms with Crippen molar-refractivity contribution in [1.29, 1.82) is 0 Å². The molecule has 1 heterocycles. The van der Waals surface area contributed by atoms with Gasteiger partial charge in [-0.2, -0.15) is 5.10 Å². The van der Waals surface area contributed by atoms with E-state index in [0.29, 0.717) is 12.3 Å². The van der Waals surface area contributed by atoms with Crippen molar-refractivity contribution in [2.45, 2.75) is 40.7 Å².